The highest BCUT2D eigenvalue weighted by molar-refractivity contribution is 6.30. The quantitative estimate of drug-likeness (QED) is 0.867. The molecule has 1 atom stereocenters. The van der Waals surface area contributed by atoms with Crippen LogP contribution in [0, 0.1) is 0 Å². The molecule has 1 aliphatic rings. The van der Waals surface area contributed by atoms with Crippen LogP contribution >= 0.6 is 11.6 Å². The summed E-state index contributed by atoms with van der Waals surface area (Å²) in [6, 6.07) is 4.29. The molecule has 2 rings (SSSR count). The lowest BCUT2D eigenvalue weighted by molar-refractivity contribution is -0.187. The number of carbonyl (C=O) groups excluding carboxylic acids is 1. The predicted molar refractivity (Wildman–Crippen MR) is 63.3 cm³/mol. The highest BCUT2D eigenvalue weighted by atomic mass is 35.5. The third-order valence-corrected chi connectivity index (χ3v) is 3.31. The summed E-state index contributed by atoms with van der Waals surface area (Å²) in [5.74, 6) is -4.55. The van der Waals surface area contributed by atoms with Crippen LogP contribution in [0.3, 0.4) is 0 Å². The Morgan fingerprint density at radius 2 is 2.00 bits per heavy atom. The smallest absolute Gasteiger partial charge is 0.471 e. The second-order valence-electron chi connectivity index (χ2n) is 4.42. The third-order valence-electron chi connectivity index (χ3n) is 3.08. The number of carboxylic acids is 1. The van der Waals surface area contributed by atoms with Crippen molar-refractivity contribution < 1.29 is 27.9 Å². The number of fused-ring (bicyclic) bond motifs is 1. The lowest BCUT2D eigenvalue weighted by Crippen LogP contribution is -2.46. The molecule has 1 aromatic carbocycles. The summed E-state index contributed by atoms with van der Waals surface area (Å²) in [6.45, 7) is -0.810. The molecule has 1 unspecified atom stereocenters. The molecule has 0 aromatic heterocycles. The molecule has 0 saturated carbocycles. The number of carbonyl (C=O) groups is 2. The SMILES string of the molecule is O=C(O)C1CN(C(=O)C(F)(F)F)Cc2ccc(Cl)cc21. The third kappa shape index (κ3) is 2.72. The number of alkyl halides is 3. The molecular weight excluding hydrogens is 299 g/mol. The van der Waals surface area contributed by atoms with Crippen LogP contribution < -0.4 is 0 Å². The fourth-order valence-corrected chi connectivity index (χ4v) is 2.35. The van der Waals surface area contributed by atoms with Gasteiger partial charge < -0.3 is 10.0 Å². The van der Waals surface area contributed by atoms with Crippen molar-refractivity contribution in [3.05, 3.63) is 34.3 Å². The van der Waals surface area contributed by atoms with E-state index in [-0.39, 0.29) is 6.54 Å². The van der Waals surface area contributed by atoms with Gasteiger partial charge in [0.25, 0.3) is 0 Å². The van der Waals surface area contributed by atoms with E-state index < -0.39 is 30.5 Å². The minimum Gasteiger partial charge on any atom is -0.481 e. The number of nitrogens with zero attached hydrogens (tertiary/aromatic N) is 1. The Kier molecular flexibility index (Phi) is 3.64. The zero-order valence-electron chi connectivity index (χ0n) is 9.95. The number of carboxylic acid groups (broad SMARTS) is 1. The van der Waals surface area contributed by atoms with Crippen molar-refractivity contribution in [1.29, 1.82) is 0 Å². The monoisotopic (exact) mass is 307 g/mol. The van der Waals surface area contributed by atoms with E-state index in [4.69, 9.17) is 16.7 Å². The summed E-state index contributed by atoms with van der Waals surface area (Å²) < 4.78 is 37.3. The van der Waals surface area contributed by atoms with Crippen molar-refractivity contribution in [1.82, 2.24) is 4.90 Å². The molecule has 0 aliphatic carbocycles. The minimum atomic E-state index is -5.02. The van der Waals surface area contributed by atoms with E-state index >= 15 is 0 Å². The number of amides is 1. The maximum atomic E-state index is 12.4. The van der Waals surface area contributed by atoms with E-state index in [2.05, 4.69) is 0 Å². The Bertz CT molecular complexity index is 574. The molecule has 20 heavy (non-hydrogen) atoms. The molecule has 0 spiro atoms. The van der Waals surface area contributed by atoms with E-state index in [0.29, 0.717) is 21.0 Å². The van der Waals surface area contributed by atoms with Gasteiger partial charge in [-0.3, -0.25) is 9.59 Å². The molecule has 1 heterocycles. The van der Waals surface area contributed by atoms with Crippen molar-refractivity contribution in [3.8, 4) is 0 Å². The van der Waals surface area contributed by atoms with Crippen LogP contribution in [0.5, 0.6) is 0 Å². The highest BCUT2D eigenvalue weighted by Crippen LogP contribution is 2.32. The maximum Gasteiger partial charge on any atom is 0.471 e. The summed E-state index contributed by atoms with van der Waals surface area (Å²) in [4.78, 5) is 22.9. The van der Waals surface area contributed by atoms with Crippen molar-refractivity contribution in [2.75, 3.05) is 6.54 Å². The lowest BCUT2D eigenvalue weighted by Gasteiger charge is -2.33. The zero-order chi connectivity index (χ0) is 15.1. The number of rotatable bonds is 1. The van der Waals surface area contributed by atoms with Crippen LogP contribution in [-0.4, -0.2) is 34.6 Å². The largest absolute Gasteiger partial charge is 0.481 e. The predicted octanol–water partition coefficient (Wildman–Crippen LogP) is 2.41. The van der Waals surface area contributed by atoms with Gasteiger partial charge in [-0.25, -0.2) is 0 Å². The normalized spacial score (nSPS) is 18.6. The van der Waals surface area contributed by atoms with Gasteiger partial charge in [0.05, 0.1) is 5.92 Å². The Morgan fingerprint density at radius 3 is 2.55 bits per heavy atom. The number of benzene rings is 1. The topological polar surface area (TPSA) is 57.6 Å². The van der Waals surface area contributed by atoms with Gasteiger partial charge in [-0.2, -0.15) is 13.2 Å². The summed E-state index contributed by atoms with van der Waals surface area (Å²) in [5, 5.41) is 9.41. The van der Waals surface area contributed by atoms with Gasteiger partial charge in [0.2, 0.25) is 0 Å². The first kappa shape index (κ1) is 14.6. The van der Waals surface area contributed by atoms with E-state index in [1.807, 2.05) is 0 Å². The minimum absolute atomic E-state index is 0.283. The van der Waals surface area contributed by atoms with Crippen molar-refractivity contribution in [2.45, 2.75) is 18.6 Å². The van der Waals surface area contributed by atoms with Crippen LogP contribution in [-0.2, 0) is 16.1 Å². The summed E-state index contributed by atoms with van der Waals surface area (Å²) >= 11 is 5.76. The first-order valence-electron chi connectivity index (χ1n) is 5.57. The molecule has 1 N–H and O–H groups in total. The Balaban J connectivity index is 2.40. The molecule has 108 valence electrons. The fraction of sp³-hybridized carbons (Fsp3) is 0.333. The average molecular weight is 308 g/mol. The van der Waals surface area contributed by atoms with E-state index in [1.165, 1.54) is 18.2 Å². The first-order chi connectivity index (χ1) is 9.20. The molecule has 8 heteroatoms. The van der Waals surface area contributed by atoms with Crippen LogP contribution in [0.4, 0.5) is 13.2 Å². The second kappa shape index (κ2) is 4.97. The molecule has 4 nitrogen and oxygen atoms in total. The second-order valence-corrected chi connectivity index (χ2v) is 4.85. The van der Waals surface area contributed by atoms with E-state index in [1.54, 1.807) is 0 Å². The van der Waals surface area contributed by atoms with Gasteiger partial charge in [-0.05, 0) is 23.3 Å². The molecular formula is C12H9ClF3NO3. The zero-order valence-corrected chi connectivity index (χ0v) is 10.7. The Morgan fingerprint density at radius 1 is 1.35 bits per heavy atom. The van der Waals surface area contributed by atoms with Crippen molar-refractivity contribution in [3.63, 3.8) is 0 Å². The van der Waals surface area contributed by atoms with Crippen molar-refractivity contribution >= 4 is 23.5 Å². The standard InChI is InChI=1S/C12H9ClF3NO3/c13-7-2-1-6-4-17(11(20)12(14,15)16)5-9(10(18)19)8(6)3-7/h1-3,9H,4-5H2,(H,18,19). The van der Waals surface area contributed by atoms with Gasteiger partial charge in [-0.1, -0.05) is 17.7 Å². The number of hydrogen-bond acceptors (Lipinski definition) is 2. The van der Waals surface area contributed by atoms with Gasteiger partial charge in [0, 0.05) is 18.1 Å². The number of halogens is 4. The summed E-state index contributed by atoms with van der Waals surface area (Å²) in [6.07, 6.45) is -5.02. The lowest BCUT2D eigenvalue weighted by atomic mass is 9.89. The fourth-order valence-electron chi connectivity index (χ4n) is 2.17. The molecule has 1 amide bonds. The molecule has 0 fully saturated rings. The molecule has 0 saturated heterocycles. The van der Waals surface area contributed by atoms with Crippen LogP contribution in [0.2, 0.25) is 5.02 Å². The highest BCUT2D eigenvalue weighted by Gasteiger charge is 2.45. The van der Waals surface area contributed by atoms with Gasteiger partial charge in [0.15, 0.2) is 0 Å². The van der Waals surface area contributed by atoms with Gasteiger partial charge >= 0.3 is 18.1 Å². The number of hydrogen-bond donors (Lipinski definition) is 1. The maximum absolute atomic E-state index is 12.4. The van der Waals surface area contributed by atoms with Crippen LogP contribution in [0.15, 0.2) is 18.2 Å². The van der Waals surface area contributed by atoms with Gasteiger partial charge in [0.1, 0.15) is 0 Å². The van der Waals surface area contributed by atoms with E-state index in [9.17, 15) is 22.8 Å². The van der Waals surface area contributed by atoms with Crippen molar-refractivity contribution in [2.24, 2.45) is 0 Å². The van der Waals surface area contributed by atoms with Crippen LogP contribution in [0.25, 0.3) is 0 Å². The molecule has 1 aromatic rings. The van der Waals surface area contributed by atoms with Gasteiger partial charge in [-0.15, -0.1) is 0 Å². The van der Waals surface area contributed by atoms with Crippen LogP contribution in [0.1, 0.15) is 17.0 Å². The Hall–Kier alpha value is -1.76. The molecule has 1 aliphatic heterocycles. The summed E-state index contributed by atoms with van der Waals surface area (Å²) in [5.41, 5.74) is 0.696. The molecule has 0 bridgehead atoms. The average Bonchev–Trinajstić information content (AvgIpc) is 2.35. The summed E-state index contributed by atoms with van der Waals surface area (Å²) in [7, 11) is 0. The number of aliphatic carboxylic acids is 1. The first-order valence-corrected chi connectivity index (χ1v) is 5.95. The Labute approximate surface area is 116 Å². The van der Waals surface area contributed by atoms with E-state index in [0.717, 1.165) is 0 Å². The molecule has 0 radical (unpaired) electrons.